The lowest BCUT2D eigenvalue weighted by molar-refractivity contribution is -0.123. The van der Waals surface area contributed by atoms with Crippen LogP contribution in [-0.4, -0.2) is 19.3 Å². The van der Waals surface area contributed by atoms with Gasteiger partial charge in [0.05, 0.1) is 0 Å². The van der Waals surface area contributed by atoms with Gasteiger partial charge in [-0.05, 0) is 124 Å². The van der Waals surface area contributed by atoms with Crippen LogP contribution in [0.5, 0.6) is 0 Å². The van der Waals surface area contributed by atoms with Gasteiger partial charge in [0.1, 0.15) is 0 Å². The van der Waals surface area contributed by atoms with Crippen molar-refractivity contribution < 1.29 is 4.74 Å². The van der Waals surface area contributed by atoms with Gasteiger partial charge in [0.25, 0.3) is 0 Å². The lowest BCUT2D eigenvalue weighted by Gasteiger charge is -2.61. The van der Waals surface area contributed by atoms with Crippen molar-refractivity contribution >= 4 is 0 Å². The summed E-state index contributed by atoms with van der Waals surface area (Å²) in [5, 5.41) is 3.93. The molecular formula is C31H49NO. The van der Waals surface area contributed by atoms with Gasteiger partial charge in [-0.2, -0.15) is 0 Å². The summed E-state index contributed by atoms with van der Waals surface area (Å²) in [5.74, 6) is 5.53. The van der Waals surface area contributed by atoms with Crippen LogP contribution in [0.4, 0.5) is 0 Å². The molecule has 4 saturated carbocycles. The summed E-state index contributed by atoms with van der Waals surface area (Å²) in [5.41, 5.74) is 2.56. The maximum absolute atomic E-state index is 5.84. The molecule has 33 heavy (non-hydrogen) atoms. The molecule has 5 rings (SSSR count). The average molecular weight is 452 g/mol. The lowest BCUT2D eigenvalue weighted by Crippen LogP contribution is -2.54. The van der Waals surface area contributed by atoms with Crippen LogP contribution in [0.1, 0.15) is 91.0 Å². The first-order valence-electron chi connectivity index (χ1n) is 14.3. The van der Waals surface area contributed by atoms with Crippen molar-refractivity contribution in [1.29, 1.82) is 0 Å². The van der Waals surface area contributed by atoms with Crippen LogP contribution >= 0.6 is 0 Å². The van der Waals surface area contributed by atoms with E-state index in [4.69, 9.17) is 4.74 Å². The molecule has 4 fully saturated rings. The third-order valence-electron chi connectivity index (χ3n) is 11.5. The van der Waals surface area contributed by atoms with Gasteiger partial charge in [0, 0.05) is 25.8 Å². The van der Waals surface area contributed by atoms with Gasteiger partial charge in [-0.1, -0.05) is 44.2 Å². The summed E-state index contributed by atoms with van der Waals surface area (Å²) >= 11 is 0. The molecule has 2 nitrogen and oxygen atoms in total. The monoisotopic (exact) mass is 451 g/mol. The molecule has 0 saturated heterocycles. The first-order valence-corrected chi connectivity index (χ1v) is 14.3. The van der Waals surface area contributed by atoms with Crippen molar-refractivity contribution in [1.82, 2.24) is 5.32 Å². The van der Waals surface area contributed by atoms with E-state index in [0.717, 1.165) is 55.3 Å². The molecule has 184 valence electrons. The SMILES string of the molecule is CCOCC1CCC2(C)C(CCC3C2CCC2(C)C3CCC2[C@H](C)NCc2ccccc2)C1. The number of ether oxygens (including phenoxy) is 1. The molecule has 1 aromatic carbocycles. The molecule has 4 aliphatic rings. The van der Waals surface area contributed by atoms with Gasteiger partial charge in [-0.25, -0.2) is 0 Å². The Kier molecular flexibility index (Phi) is 6.98. The molecule has 0 aromatic heterocycles. The maximum Gasteiger partial charge on any atom is 0.0494 e. The van der Waals surface area contributed by atoms with Gasteiger partial charge in [-0.3, -0.25) is 0 Å². The van der Waals surface area contributed by atoms with Crippen molar-refractivity contribution in [3.63, 3.8) is 0 Å². The Labute approximate surface area is 203 Å². The Morgan fingerprint density at radius 3 is 2.48 bits per heavy atom. The minimum atomic E-state index is 0.541. The van der Waals surface area contributed by atoms with Crippen LogP contribution in [0.25, 0.3) is 0 Å². The fourth-order valence-corrected chi connectivity index (χ4v) is 9.66. The van der Waals surface area contributed by atoms with Crippen molar-refractivity contribution in [2.24, 2.45) is 46.3 Å². The molecule has 0 aliphatic heterocycles. The smallest absolute Gasteiger partial charge is 0.0494 e. The third kappa shape index (κ3) is 4.33. The van der Waals surface area contributed by atoms with E-state index in [1.807, 2.05) is 0 Å². The minimum absolute atomic E-state index is 0.541. The van der Waals surface area contributed by atoms with E-state index in [9.17, 15) is 0 Å². The number of rotatable bonds is 7. The summed E-state index contributed by atoms with van der Waals surface area (Å²) in [6, 6.07) is 11.6. The highest BCUT2D eigenvalue weighted by Crippen LogP contribution is 2.68. The second-order valence-electron chi connectivity index (χ2n) is 12.8. The molecule has 1 aromatic rings. The highest BCUT2D eigenvalue weighted by molar-refractivity contribution is 5.15. The zero-order chi connectivity index (χ0) is 23.1. The van der Waals surface area contributed by atoms with Gasteiger partial charge < -0.3 is 10.1 Å². The van der Waals surface area contributed by atoms with Crippen molar-refractivity contribution in [3.05, 3.63) is 35.9 Å². The fraction of sp³-hybridized carbons (Fsp3) is 0.806. The highest BCUT2D eigenvalue weighted by atomic mass is 16.5. The third-order valence-corrected chi connectivity index (χ3v) is 11.5. The molecule has 0 heterocycles. The normalized spacial score (nSPS) is 43.4. The van der Waals surface area contributed by atoms with Crippen LogP contribution in [0.3, 0.4) is 0 Å². The Morgan fingerprint density at radius 2 is 1.70 bits per heavy atom. The molecule has 0 radical (unpaired) electrons. The zero-order valence-electron chi connectivity index (χ0n) is 21.8. The molecule has 9 atom stereocenters. The highest BCUT2D eigenvalue weighted by Gasteiger charge is 2.60. The number of nitrogens with one attached hydrogen (secondary N) is 1. The quantitative estimate of drug-likeness (QED) is 0.464. The van der Waals surface area contributed by atoms with E-state index in [1.165, 1.54) is 63.4 Å². The van der Waals surface area contributed by atoms with E-state index in [2.05, 4.69) is 63.3 Å². The van der Waals surface area contributed by atoms with Crippen molar-refractivity contribution in [2.45, 2.75) is 98.1 Å². The Hall–Kier alpha value is -0.860. The van der Waals surface area contributed by atoms with Crippen molar-refractivity contribution in [3.8, 4) is 0 Å². The molecular weight excluding hydrogens is 402 g/mol. The predicted octanol–water partition coefficient (Wildman–Crippen LogP) is 7.48. The van der Waals surface area contributed by atoms with Crippen LogP contribution in [-0.2, 0) is 11.3 Å². The topological polar surface area (TPSA) is 21.3 Å². The first kappa shape index (κ1) is 23.9. The second-order valence-corrected chi connectivity index (χ2v) is 12.8. The molecule has 0 bridgehead atoms. The van der Waals surface area contributed by atoms with Gasteiger partial charge in [-0.15, -0.1) is 0 Å². The lowest BCUT2D eigenvalue weighted by atomic mass is 9.44. The van der Waals surface area contributed by atoms with Crippen LogP contribution < -0.4 is 5.32 Å². The van der Waals surface area contributed by atoms with Crippen LogP contribution in [0.15, 0.2) is 30.3 Å². The Morgan fingerprint density at radius 1 is 0.939 bits per heavy atom. The molecule has 8 unspecified atom stereocenters. The molecule has 1 N–H and O–H groups in total. The van der Waals surface area contributed by atoms with Gasteiger partial charge >= 0.3 is 0 Å². The van der Waals surface area contributed by atoms with Gasteiger partial charge in [0.2, 0.25) is 0 Å². The van der Waals surface area contributed by atoms with Crippen molar-refractivity contribution in [2.75, 3.05) is 13.2 Å². The maximum atomic E-state index is 5.84. The summed E-state index contributed by atoms with van der Waals surface area (Å²) in [7, 11) is 0. The number of fused-ring (bicyclic) bond motifs is 5. The van der Waals surface area contributed by atoms with Crippen LogP contribution in [0, 0.1) is 46.3 Å². The predicted molar refractivity (Wildman–Crippen MR) is 138 cm³/mol. The van der Waals surface area contributed by atoms with E-state index < -0.39 is 0 Å². The Bertz CT molecular complexity index is 778. The molecule has 0 spiro atoms. The minimum Gasteiger partial charge on any atom is -0.381 e. The van der Waals surface area contributed by atoms with E-state index in [1.54, 1.807) is 0 Å². The molecule has 0 amide bonds. The fourth-order valence-electron chi connectivity index (χ4n) is 9.66. The number of hydrogen-bond acceptors (Lipinski definition) is 2. The Balaban J connectivity index is 1.25. The summed E-state index contributed by atoms with van der Waals surface area (Å²) in [4.78, 5) is 0. The summed E-state index contributed by atoms with van der Waals surface area (Å²) in [6.07, 6.45) is 13.2. The van der Waals surface area contributed by atoms with E-state index in [0.29, 0.717) is 16.9 Å². The first-order chi connectivity index (χ1) is 16.0. The second kappa shape index (κ2) is 9.65. The average Bonchev–Trinajstić information content (AvgIpc) is 3.19. The van der Waals surface area contributed by atoms with Gasteiger partial charge in [0.15, 0.2) is 0 Å². The number of benzene rings is 1. The number of hydrogen-bond donors (Lipinski definition) is 1. The summed E-state index contributed by atoms with van der Waals surface area (Å²) < 4.78 is 5.84. The van der Waals surface area contributed by atoms with E-state index in [-0.39, 0.29) is 0 Å². The molecule has 4 aliphatic carbocycles. The largest absolute Gasteiger partial charge is 0.381 e. The van der Waals surface area contributed by atoms with Crippen LogP contribution in [0.2, 0.25) is 0 Å². The van der Waals surface area contributed by atoms with E-state index >= 15 is 0 Å². The zero-order valence-corrected chi connectivity index (χ0v) is 21.8. The standard InChI is InChI=1S/C31H49NO/c1-5-33-21-24-15-17-30(3)25(19-24)11-12-26-28-14-13-27(31(28,4)18-16-29(26)30)22(2)32-20-23-9-7-6-8-10-23/h6-10,22,24-29,32H,5,11-21H2,1-4H3/t22-,24?,25?,26?,27?,28?,29?,30?,31?/m0/s1. The summed E-state index contributed by atoms with van der Waals surface area (Å²) in [6.45, 7) is 12.9. The molecule has 2 heteroatoms.